The number of esters is 1. The molecule has 0 aromatic heterocycles. The molecule has 8 heteroatoms. The number of nitro groups is 1. The summed E-state index contributed by atoms with van der Waals surface area (Å²) < 4.78 is 16.4. The number of hydrogen-bond donors (Lipinski definition) is 0. The maximum atomic E-state index is 12.3. The van der Waals surface area contributed by atoms with Gasteiger partial charge in [0.05, 0.1) is 34.2 Å². The first-order valence-electron chi connectivity index (χ1n) is 7.37. The summed E-state index contributed by atoms with van der Waals surface area (Å²) in [6.07, 6.45) is 0. The molecular formula is C17H16BrNO6. The van der Waals surface area contributed by atoms with Crippen molar-refractivity contribution in [2.24, 2.45) is 0 Å². The van der Waals surface area contributed by atoms with Gasteiger partial charge < -0.3 is 14.2 Å². The number of hydrogen-bond acceptors (Lipinski definition) is 6. The van der Waals surface area contributed by atoms with Gasteiger partial charge in [0, 0.05) is 6.07 Å². The average molecular weight is 410 g/mol. The van der Waals surface area contributed by atoms with Crippen molar-refractivity contribution in [3.8, 4) is 11.5 Å². The summed E-state index contributed by atoms with van der Waals surface area (Å²) in [5.41, 5.74) is 0.462. The predicted molar refractivity (Wildman–Crippen MR) is 94.1 cm³/mol. The number of carbonyl (C=O) groups excluding carboxylic acids is 1. The van der Waals surface area contributed by atoms with Crippen molar-refractivity contribution >= 4 is 27.6 Å². The lowest BCUT2D eigenvalue weighted by molar-refractivity contribution is -0.385. The van der Waals surface area contributed by atoms with Crippen LogP contribution in [-0.2, 0) is 11.3 Å². The van der Waals surface area contributed by atoms with Gasteiger partial charge in [0.1, 0.15) is 6.61 Å². The molecule has 0 spiro atoms. The highest BCUT2D eigenvalue weighted by molar-refractivity contribution is 9.10. The highest BCUT2D eigenvalue weighted by Gasteiger charge is 2.18. The van der Waals surface area contributed by atoms with Crippen LogP contribution in [0.2, 0.25) is 0 Å². The second kappa shape index (κ2) is 8.48. The number of para-hydroxylation sites is 1. The van der Waals surface area contributed by atoms with Gasteiger partial charge in [0.15, 0.2) is 11.5 Å². The Bertz CT molecular complexity index is 793. The molecule has 0 N–H and O–H groups in total. The van der Waals surface area contributed by atoms with Crippen molar-refractivity contribution in [3.63, 3.8) is 0 Å². The molecular weight excluding hydrogens is 394 g/mol. The Morgan fingerprint density at radius 1 is 1.28 bits per heavy atom. The van der Waals surface area contributed by atoms with E-state index >= 15 is 0 Å². The van der Waals surface area contributed by atoms with Gasteiger partial charge in [-0.15, -0.1) is 0 Å². The van der Waals surface area contributed by atoms with Crippen LogP contribution in [0, 0.1) is 10.1 Å². The van der Waals surface area contributed by atoms with Crippen molar-refractivity contribution in [1.82, 2.24) is 0 Å². The first kappa shape index (κ1) is 18.7. The van der Waals surface area contributed by atoms with Crippen molar-refractivity contribution in [2.75, 3.05) is 13.7 Å². The van der Waals surface area contributed by atoms with Crippen molar-refractivity contribution in [3.05, 3.63) is 62.1 Å². The Kier molecular flexibility index (Phi) is 6.35. The zero-order valence-corrected chi connectivity index (χ0v) is 15.2. The van der Waals surface area contributed by atoms with Gasteiger partial charge in [-0.2, -0.15) is 0 Å². The summed E-state index contributed by atoms with van der Waals surface area (Å²) in [6, 6.07) is 9.15. The number of ether oxygens (including phenoxy) is 3. The summed E-state index contributed by atoms with van der Waals surface area (Å²) in [5, 5.41) is 11.0. The van der Waals surface area contributed by atoms with Crippen LogP contribution in [0.3, 0.4) is 0 Å². The quantitative estimate of drug-likeness (QED) is 0.388. The Morgan fingerprint density at radius 2 is 2.00 bits per heavy atom. The molecule has 0 aliphatic carbocycles. The van der Waals surface area contributed by atoms with Crippen molar-refractivity contribution in [2.45, 2.75) is 13.5 Å². The fourth-order valence-corrected chi connectivity index (χ4v) is 2.72. The van der Waals surface area contributed by atoms with E-state index in [-0.39, 0.29) is 17.9 Å². The van der Waals surface area contributed by atoms with Gasteiger partial charge in [-0.1, -0.05) is 12.1 Å². The number of rotatable bonds is 7. The van der Waals surface area contributed by atoms with E-state index in [1.165, 1.54) is 19.2 Å². The molecule has 0 saturated heterocycles. The molecule has 2 aromatic carbocycles. The average Bonchev–Trinajstić information content (AvgIpc) is 2.61. The van der Waals surface area contributed by atoms with E-state index in [1.54, 1.807) is 24.3 Å². The van der Waals surface area contributed by atoms with Crippen molar-refractivity contribution < 1.29 is 23.9 Å². The van der Waals surface area contributed by atoms with Crippen molar-refractivity contribution in [1.29, 1.82) is 0 Å². The maximum absolute atomic E-state index is 12.3. The van der Waals surface area contributed by atoms with Gasteiger partial charge in [-0.25, -0.2) is 4.79 Å². The third-order valence-electron chi connectivity index (χ3n) is 3.30. The van der Waals surface area contributed by atoms with E-state index in [0.29, 0.717) is 28.1 Å². The van der Waals surface area contributed by atoms with Gasteiger partial charge >= 0.3 is 5.97 Å². The Morgan fingerprint density at radius 3 is 2.64 bits per heavy atom. The summed E-state index contributed by atoms with van der Waals surface area (Å²) in [7, 11) is 1.47. The maximum Gasteiger partial charge on any atom is 0.338 e. The van der Waals surface area contributed by atoms with Crippen LogP contribution < -0.4 is 9.47 Å². The molecule has 25 heavy (non-hydrogen) atoms. The SMILES string of the molecule is CCOc1c(Br)cc(C(=O)OCc2ccccc2[N+](=O)[O-])cc1OC. The first-order chi connectivity index (χ1) is 12.0. The van der Waals surface area contributed by atoms with Gasteiger partial charge in [-0.3, -0.25) is 10.1 Å². The van der Waals surface area contributed by atoms with E-state index < -0.39 is 10.9 Å². The Balaban J connectivity index is 2.19. The van der Waals surface area contributed by atoms with Crippen LogP contribution in [0.4, 0.5) is 5.69 Å². The van der Waals surface area contributed by atoms with E-state index in [2.05, 4.69) is 15.9 Å². The van der Waals surface area contributed by atoms with E-state index in [1.807, 2.05) is 6.92 Å². The van der Waals surface area contributed by atoms with Crippen LogP contribution in [0.1, 0.15) is 22.8 Å². The van der Waals surface area contributed by atoms with E-state index in [9.17, 15) is 14.9 Å². The third kappa shape index (κ3) is 4.48. The molecule has 0 saturated carbocycles. The number of benzene rings is 2. The second-order valence-electron chi connectivity index (χ2n) is 4.88. The second-order valence-corrected chi connectivity index (χ2v) is 5.74. The molecule has 132 valence electrons. The zero-order valence-electron chi connectivity index (χ0n) is 13.7. The lowest BCUT2D eigenvalue weighted by Gasteiger charge is -2.13. The molecule has 0 amide bonds. The largest absolute Gasteiger partial charge is 0.493 e. The minimum atomic E-state index is -0.625. The number of carbonyl (C=O) groups is 1. The van der Waals surface area contributed by atoms with Gasteiger partial charge in [-0.05, 0) is 41.1 Å². The number of methoxy groups -OCH3 is 1. The monoisotopic (exact) mass is 409 g/mol. The lowest BCUT2D eigenvalue weighted by Crippen LogP contribution is -2.08. The fourth-order valence-electron chi connectivity index (χ4n) is 2.16. The van der Waals surface area contributed by atoms with Crippen LogP contribution in [0.15, 0.2) is 40.9 Å². The van der Waals surface area contributed by atoms with Crippen LogP contribution in [0.5, 0.6) is 11.5 Å². The van der Waals surface area contributed by atoms with Crippen LogP contribution in [-0.4, -0.2) is 24.6 Å². The summed E-state index contributed by atoms with van der Waals surface area (Å²) >= 11 is 3.33. The minimum Gasteiger partial charge on any atom is -0.493 e. The molecule has 0 radical (unpaired) electrons. The molecule has 0 unspecified atom stereocenters. The topological polar surface area (TPSA) is 87.9 Å². The first-order valence-corrected chi connectivity index (χ1v) is 8.17. The van der Waals surface area contributed by atoms with E-state index in [4.69, 9.17) is 14.2 Å². The highest BCUT2D eigenvalue weighted by atomic mass is 79.9. The highest BCUT2D eigenvalue weighted by Crippen LogP contribution is 2.37. The van der Waals surface area contributed by atoms with Crippen LogP contribution in [0.25, 0.3) is 0 Å². The molecule has 0 fully saturated rings. The molecule has 2 rings (SSSR count). The number of nitrogens with zero attached hydrogens (tertiary/aromatic N) is 1. The summed E-state index contributed by atoms with van der Waals surface area (Å²) in [5.74, 6) is 0.245. The summed E-state index contributed by atoms with van der Waals surface area (Å²) in [4.78, 5) is 22.8. The predicted octanol–water partition coefficient (Wildman–Crippen LogP) is 4.12. The molecule has 2 aromatic rings. The van der Waals surface area contributed by atoms with Gasteiger partial charge in [0.2, 0.25) is 0 Å². The van der Waals surface area contributed by atoms with E-state index in [0.717, 1.165) is 0 Å². The smallest absolute Gasteiger partial charge is 0.338 e. The van der Waals surface area contributed by atoms with Gasteiger partial charge in [0.25, 0.3) is 5.69 Å². The Labute approximate surface area is 152 Å². The normalized spacial score (nSPS) is 10.2. The molecule has 0 heterocycles. The third-order valence-corrected chi connectivity index (χ3v) is 3.89. The zero-order chi connectivity index (χ0) is 18.4. The Hall–Kier alpha value is -2.61. The molecule has 0 bridgehead atoms. The summed E-state index contributed by atoms with van der Waals surface area (Å²) in [6.45, 7) is 2.07. The molecule has 0 atom stereocenters. The minimum absolute atomic E-state index is 0.0965. The van der Waals surface area contributed by atoms with Crippen LogP contribution >= 0.6 is 15.9 Å². The molecule has 0 aliphatic heterocycles. The molecule has 7 nitrogen and oxygen atoms in total. The standard InChI is InChI=1S/C17H16BrNO6/c1-3-24-16-13(18)8-12(9-15(16)23-2)17(20)25-10-11-6-4-5-7-14(11)19(21)22/h4-9H,3,10H2,1-2H3. The number of halogens is 1. The lowest BCUT2D eigenvalue weighted by atomic mass is 10.2. The number of nitro benzene ring substituents is 1. The fraction of sp³-hybridized carbons (Fsp3) is 0.235. The molecule has 0 aliphatic rings.